The third kappa shape index (κ3) is 5.16. The van der Waals surface area contributed by atoms with Gasteiger partial charge in [-0.2, -0.15) is 0 Å². The molecule has 1 rings (SSSR count). The van der Waals surface area contributed by atoms with Gasteiger partial charge in [-0.15, -0.1) is 0 Å². The molecule has 0 unspecified atom stereocenters. The van der Waals surface area contributed by atoms with Crippen molar-refractivity contribution < 1.29 is 14.4 Å². The highest BCUT2D eigenvalue weighted by atomic mass is 79.9. The fraction of sp³-hybridized carbons (Fsp3) is 0.462. The van der Waals surface area contributed by atoms with Gasteiger partial charge >= 0.3 is 0 Å². The van der Waals surface area contributed by atoms with Crippen molar-refractivity contribution in [3.63, 3.8) is 0 Å². The highest BCUT2D eigenvalue weighted by Gasteiger charge is 2.18. The van der Waals surface area contributed by atoms with Gasteiger partial charge in [0.05, 0.1) is 7.11 Å². The number of hydroxylamine groups is 1. The number of benzene rings is 1. The van der Waals surface area contributed by atoms with Crippen LogP contribution in [0.25, 0.3) is 0 Å². The molecule has 1 aromatic carbocycles. The highest BCUT2D eigenvalue weighted by Crippen LogP contribution is 2.17. The summed E-state index contributed by atoms with van der Waals surface area (Å²) in [6.07, 6.45) is 1.33. The van der Waals surface area contributed by atoms with E-state index in [1.54, 1.807) is 7.11 Å². The number of amides is 1. The summed E-state index contributed by atoms with van der Waals surface area (Å²) in [5.74, 6) is -0.270. The zero-order valence-corrected chi connectivity index (χ0v) is 12.2. The van der Waals surface area contributed by atoms with E-state index in [-0.39, 0.29) is 11.8 Å². The molecule has 0 saturated heterocycles. The fourth-order valence-corrected chi connectivity index (χ4v) is 2.16. The summed E-state index contributed by atoms with van der Waals surface area (Å²) in [6, 6.07) is 7.94. The molecule has 1 atom stereocenters. The van der Waals surface area contributed by atoms with Gasteiger partial charge in [-0.05, 0) is 30.5 Å². The second-order valence-corrected chi connectivity index (χ2v) is 4.90. The van der Waals surface area contributed by atoms with E-state index in [9.17, 15) is 4.79 Å². The first kappa shape index (κ1) is 15.1. The number of ether oxygens (including phenoxy) is 1. The van der Waals surface area contributed by atoms with E-state index in [0.29, 0.717) is 19.4 Å². The minimum atomic E-state index is -0.154. The Balaban J connectivity index is 2.68. The Labute approximate surface area is 116 Å². The Kier molecular flexibility index (Phi) is 6.93. The Morgan fingerprint density at radius 1 is 1.44 bits per heavy atom. The molecule has 4 nitrogen and oxygen atoms in total. The Morgan fingerprint density at radius 3 is 2.83 bits per heavy atom. The van der Waals surface area contributed by atoms with Crippen LogP contribution < -0.4 is 5.48 Å². The van der Waals surface area contributed by atoms with Crippen LogP contribution in [0.5, 0.6) is 0 Å². The number of hydrogen-bond donors (Lipinski definition) is 1. The molecule has 0 bridgehead atoms. The first-order valence-electron chi connectivity index (χ1n) is 5.73. The summed E-state index contributed by atoms with van der Waals surface area (Å²) >= 11 is 3.42. The third-order valence-corrected chi connectivity index (χ3v) is 3.11. The highest BCUT2D eigenvalue weighted by molar-refractivity contribution is 9.10. The van der Waals surface area contributed by atoms with Gasteiger partial charge in [-0.1, -0.05) is 28.1 Å². The van der Waals surface area contributed by atoms with Crippen molar-refractivity contribution in [3.05, 3.63) is 34.3 Å². The van der Waals surface area contributed by atoms with Crippen LogP contribution in [0.2, 0.25) is 0 Å². The van der Waals surface area contributed by atoms with Crippen LogP contribution >= 0.6 is 15.9 Å². The van der Waals surface area contributed by atoms with Crippen molar-refractivity contribution >= 4 is 21.8 Å². The molecule has 1 N–H and O–H groups in total. The average molecular weight is 316 g/mol. The van der Waals surface area contributed by atoms with E-state index < -0.39 is 0 Å². The lowest BCUT2D eigenvalue weighted by Crippen LogP contribution is -2.31. The zero-order valence-electron chi connectivity index (χ0n) is 10.6. The van der Waals surface area contributed by atoms with Gasteiger partial charge in [0.2, 0.25) is 5.91 Å². The Hall–Kier alpha value is -0.910. The minimum absolute atomic E-state index is 0.116. The summed E-state index contributed by atoms with van der Waals surface area (Å²) < 4.78 is 6.04. The summed E-state index contributed by atoms with van der Waals surface area (Å²) in [7, 11) is 3.06. The second-order valence-electron chi connectivity index (χ2n) is 3.98. The zero-order chi connectivity index (χ0) is 13.4. The Morgan fingerprint density at radius 2 is 2.22 bits per heavy atom. The molecular formula is C13H18BrNO3. The van der Waals surface area contributed by atoms with E-state index in [4.69, 9.17) is 4.74 Å². The maximum Gasteiger partial charge on any atom is 0.247 e. The second kappa shape index (κ2) is 8.24. The van der Waals surface area contributed by atoms with Gasteiger partial charge in [-0.25, -0.2) is 5.48 Å². The molecule has 100 valence electrons. The lowest BCUT2D eigenvalue weighted by molar-refractivity contribution is -0.136. The van der Waals surface area contributed by atoms with Crippen molar-refractivity contribution in [1.29, 1.82) is 0 Å². The first-order chi connectivity index (χ1) is 8.67. The number of methoxy groups -OCH3 is 1. The predicted octanol–water partition coefficient (Wildman–Crippen LogP) is 2.32. The molecule has 0 aromatic heterocycles. The number of halogens is 1. The van der Waals surface area contributed by atoms with Gasteiger partial charge in [0.1, 0.15) is 0 Å². The number of carbonyl (C=O) groups excluding carboxylic acids is 1. The van der Waals surface area contributed by atoms with E-state index in [1.165, 1.54) is 7.11 Å². The van der Waals surface area contributed by atoms with E-state index in [2.05, 4.69) is 26.2 Å². The van der Waals surface area contributed by atoms with Crippen molar-refractivity contribution in [3.8, 4) is 0 Å². The summed E-state index contributed by atoms with van der Waals surface area (Å²) in [6.45, 7) is 0.551. The summed E-state index contributed by atoms with van der Waals surface area (Å²) in [4.78, 5) is 16.5. The van der Waals surface area contributed by atoms with Crippen LogP contribution in [0.1, 0.15) is 12.0 Å². The van der Waals surface area contributed by atoms with Gasteiger partial charge in [0, 0.05) is 24.1 Å². The van der Waals surface area contributed by atoms with Crippen LogP contribution in [-0.2, 0) is 20.8 Å². The summed E-state index contributed by atoms with van der Waals surface area (Å²) in [5, 5.41) is 0. The van der Waals surface area contributed by atoms with E-state index in [1.807, 2.05) is 24.3 Å². The van der Waals surface area contributed by atoms with Gasteiger partial charge < -0.3 is 4.74 Å². The topological polar surface area (TPSA) is 47.6 Å². The number of carbonyl (C=O) groups is 1. The molecule has 1 aromatic rings. The van der Waals surface area contributed by atoms with Crippen molar-refractivity contribution in [2.45, 2.75) is 12.8 Å². The maximum absolute atomic E-state index is 11.8. The SMILES string of the molecule is COCC[C@@H](Cc1cccc(Br)c1)C(=O)NOC. The van der Waals surface area contributed by atoms with Gasteiger partial charge in [-0.3, -0.25) is 9.63 Å². The van der Waals surface area contributed by atoms with Gasteiger partial charge in [0.15, 0.2) is 0 Å². The maximum atomic E-state index is 11.8. The normalized spacial score (nSPS) is 12.2. The van der Waals surface area contributed by atoms with Crippen LogP contribution in [0, 0.1) is 5.92 Å². The van der Waals surface area contributed by atoms with E-state index in [0.717, 1.165) is 10.0 Å². The number of rotatable bonds is 7. The van der Waals surface area contributed by atoms with E-state index >= 15 is 0 Å². The molecule has 5 heteroatoms. The standard InChI is InChI=1S/C13H18BrNO3/c1-17-7-6-11(13(16)15-18-2)8-10-4-3-5-12(14)9-10/h3-5,9,11H,6-8H2,1-2H3,(H,15,16)/t11-/m0/s1. The van der Waals surface area contributed by atoms with Crippen molar-refractivity contribution in [2.75, 3.05) is 20.8 Å². The lowest BCUT2D eigenvalue weighted by Gasteiger charge is -2.15. The largest absolute Gasteiger partial charge is 0.385 e. The molecule has 1 amide bonds. The molecule has 0 spiro atoms. The fourth-order valence-electron chi connectivity index (χ4n) is 1.72. The smallest absolute Gasteiger partial charge is 0.247 e. The predicted molar refractivity (Wildman–Crippen MR) is 73.0 cm³/mol. The van der Waals surface area contributed by atoms with Crippen molar-refractivity contribution in [1.82, 2.24) is 5.48 Å². The monoisotopic (exact) mass is 315 g/mol. The molecule has 18 heavy (non-hydrogen) atoms. The summed E-state index contributed by atoms with van der Waals surface area (Å²) in [5.41, 5.74) is 3.49. The molecule has 0 aliphatic carbocycles. The van der Waals surface area contributed by atoms with Crippen LogP contribution in [0.15, 0.2) is 28.7 Å². The molecule has 0 heterocycles. The number of nitrogens with one attached hydrogen (secondary N) is 1. The molecule has 0 fully saturated rings. The van der Waals surface area contributed by atoms with Gasteiger partial charge in [0.25, 0.3) is 0 Å². The molecular weight excluding hydrogens is 298 g/mol. The molecule has 0 aliphatic rings. The first-order valence-corrected chi connectivity index (χ1v) is 6.53. The molecule has 0 aliphatic heterocycles. The minimum Gasteiger partial charge on any atom is -0.385 e. The Bertz CT molecular complexity index is 384. The molecule has 0 radical (unpaired) electrons. The van der Waals surface area contributed by atoms with Crippen LogP contribution in [-0.4, -0.2) is 26.7 Å². The molecule has 0 saturated carbocycles. The quantitative estimate of drug-likeness (QED) is 0.786. The lowest BCUT2D eigenvalue weighted by atomic mass is 9.96. The van der Waals surface area contributed by atoms with Crippen LogP contribution in [0.4, 0.5) is 0 Å². The third-order valence-electron chi connectivity index (χ3n) is 2.62. The van der Waals surface area contributed by atoms with Crippen LogP contribution in [0.3, 0.4) is 0 Å². The van der Waals surface area contributed by atoms with Crippen molar-refractivity contribution in [2.24, 2.45) is 5.92 Å². The number of hydrogen-bond acceptors (Lipinski definition) is 3. The average Bonchev–Trinajstić information content (AvgIpc) is 2.34.